The number of thiocarbonyl (C=S) groups is 1. The van der Waals surface area contributed by atoms with Crippen molar-refractivity contribution in [3.05, 3.63) is 70.1 Å². The maximum absolute atomic E-state index is 12.8. The summed E-state index contributed by atoms with van der Waals surface area (Å²) in [5.41, 5.74) is 3.43. The molecule has 1 saturated heterocycles. The van der Waals surface area contributed by atoms with Crippen molar-refractivity contribution >= 4 is 40.3 Å². The molecule has 0 spiro atoms. The second kappa shape index (κ2) is 7.25. The van der Waals surface area contributed by atoms with E-state index in [2.05, 4.69) is 25.1 Å². The van der Waals surface area contributed by atoms with Gasteiger partial charge in [-0.3, -0.25) is 9.69 Å². The number of rotatable bonds is 4. The average molecular weight is 382 g/mol. The fraction of sp³-hybridized carbons (Fsp3) is 0.238. The number of benzene rings is 2. The van der Waals surface area contributed by atoms with Crippen LogP contribution in [-0.2, 0) is 17.6 Å². The highest BCUT2D eigenvalue weighted by atomic mass is 32.2. The van der Waals surface area contributed by atoms with Gasteiger partial charge in [0, 0.05) is 13.0 Å². The van der Waals surface area contributed by atoms with Crippen molar-refractivity contribution in [3.8, 4) is 5.75 Å². The lowest BCUT2D eigenvalue weighted by molar-refractivity contribution is -0.122. The summed E-state index contributed by atoms with van der Waals surface area (Å²) in [6.07, 6.45) is 3.87. The third kappa shape index (κ3) is 3.55. The molecule has 26 heavy (non-hydrogen) atoms. The smallest absolute Gasteiger partial charge is 0.266 e. The Balaban J connectivity index is 1.48. The van der Waals surface area contributed by atoms with Crippen LogP contribution in [0, 0.1) is 0 Å². The van der Waals surface area contributed by atoms with E-state index < -0.39 is 0 Å². The van der Waals surface area contributed by atoms with Gasteiger partial charge in [-0.15, -0.1) is 0 Å². The first kappa shape index (κ1) is 17.3. The average Bonchev–Trinajstić information content (AvgIpc) is 3.13. The molecule has 0 bridgehead atoms. The Labute approximate surface area is 163 Å². The highest BCUT2D eigenvalue weighted by Crippen LogP contribution is 2.34. The SMILES string of the molecule is C[C@H]1Cc2cc(/C=C3\SC(=S)N(CCc4ccccc4)C3=O)ccc2O1. The molecule has 4 rings (SSSR count). The number of hydrogen-bond donors (Lipinski definition) is 0. The molecular weight excluding hydrogens is 362 g/mol. The van der Waals surface area contributed by atoms with Crippen LogP contribution in [0.2, 0.25) is 0 Å². The van der Waals surface area contributed by atoms with Crippen molar-refractivity contribution in [2.75, 3.05) is 6.54 Å². The molecule has 2 aromatic rings. The Morgan fingerprint density at radius 1 is 1.27 bits per heavy atom. The van der Waals surface area contributed by atoms with Gasteiger partial charge < -0.3 is 4.74 Å². The van der Waals surface area contributed by atoms with E-state index in [-0.39, 0.29) is 12.0 Å². The standard InChI is InChI=1S/C21H19NO2S2/c1-14-11-17-12-16(7-8-18(17)24-14)13-19-20(23)22(21(25)26-19)10-9-15-5-3-2-4-6-15/h2-8,12-14H,9-11H2,1H3/b19-13-/t14-/m0/s1. The fourth-order valence-electron chi connectivity index (χ4n) is 3.26. The van der Waals surface area contributed by atoms with E-state index in [1.165, 1.54) is 22.9 Å². The van der Waals surface area contributed by atoms with Gasteiger partial charge in [0.2, 0.25) is 0 Å². The minimum Gasteiger partial charge on any atom is -0.490 e. The van der Waals surface area contributed by atoms with Gasteiger partial charge in [0.05, 0.1) is 4.91 Å². The van der Waals surface area contributed by atoms with Gasteiger partial charge in [-0.2, -0.15) is 0 Å². The Kier molecular flexibility index (Phi) is 4.83. The van der Waals surface area contributed by atoms with Crippen LogP contribution in [0.1, 0.15) is 23.6 Å². The zero-order valence-corrected chi connectivity index (χ0v) is 16.1. The largest absolute Gasteiger partial charge is 0.490 e. The van der Waals surface area contributed by atoms with Crippen molar-refractivity contribution < 1.29 is 9.53 Å². The number of nitrogens with zero attached hydrogens (tertiary/aromatic N) is 1. The summed E-state index contributed by atoms with van der Waals surface area (Å²) >= 11 is 6.81. The Morgan fingerprint density at radius 2 is 2.08 bits per heavy atom. The van der Waals surface area contributed by atoms with Crippen LogP contribution in [0.25, 0.3) is 6.08 Å². The van der Waals surface area contributed by atoms with Gasteiger partial charge in [0.1, 0.15) is 16.2 Å². The zero-order chi connectivity index (χ0) is 18.1. The number of hydrogen-bond acceptors (Lipinski definition) is 4. The van der Waals surface area contributed by atoms with E-state index in [0.717, 1.165) is 24.2 Å². The molecule has 1 atom stereocenters. The van der Waals surface area contributed by atoms with Gasteiger partial charge in [-0.25, -0.2) is 0 Å². The molecule has 1 fully saturated rings. The fourth-order valence-corrected chi connectivity index (χ4v) is 4.57. The maximum atomic E-state index is 12.8. The molecule has 3 nitrogen and oxygen atoms in total. The Morgan fingerprint density at radius 3 is 2.88 bits per heavy atom. The van der Waals surface area contributed by atoms with Crippen LogP contribution in [-0.4, -0.2) is 27.8 Å². The van der Waals surface area contributed by atoms with Crippen molar-refractivity contribution in [1.29, 1.82) is 0 Å². The molecule has 0 aromatic heterocycles. The Hall–Kier alpha value is -2.11. The van der Waals surface area contributed by atoms with Gasteiger partial charge in [-0.1, -0.05) is 60.4 Å². The summed E-state index contributed by atoms with van der Waals surface area (Å²) in [6, 6.07) is 16.2. The molecule has 2 aromatic carbocycles. The lowest BCUT2D eigenvalue weighted by Gasteiger charge is -2.14. The van der Waals surface area contributed by atoms with Crippen molar-refractivity contribution in [2.24, 2.45) is 0 Å². The first-order valence-electron chi connectivity index (χ1n) is 8.69. The van der Waals surface area contributed by atoms with E-state index in [4.69, 9.17) is 17.0 Å². The third-order valence-corrected chi connectivity index (χ3v) is 5.94. The predicted molar refractivity (Wildman–Crippen MR) is 110 cm³/mol. The molecule has 1 amide bonds. The minimum absolute atomic E-state index is 0.000970. The van der Waals surface area contributed by atoms with Gasteiger partial charge in [0.25, 0.3) is 5.91 Å². The molecule has 0 saturated carbocycles. The van der Waals surface area contributed by atoms with E-state index in [9.17, 15) is 4.79 Å². The molecule has 132 valence electrons. The first-order chi connectivity index (χ1) is 12.6. The molecule has 0 radical (unpaired) electrons. The van der Waals surface area contributed by atoms with Crippen molar-refractivity contribution in [1.82, 2.24) is 4.90 Å². The van der Waals surface area contributed by atoms with E-state index in [1.54, 1.807) is 4.90 Å². The number of carbonyl (C=O) groups is 1. The summed E-state index contributed by atoms with van der Waals surface area (Å²) in [6.45, 7) is 2.68. The molecular formula is C21H19NO2S2. The topological polar surface area (TPSA) is 29.5 Å². The number of fused-ring (bicyclic) bond motifs is 1. The summed E-state index contributed by atoms with van der Waals surface area (Å²) in [7, 11) is 0. The summed E-state index contributed by atoms with van der Waals surface area (Å²) in [5.74, 6) is 0.950. The highest BCUT2D eigenvalue weighted by molar-refractivity contribution is 8.26. The monoisotopic (exact) mass is 381 g/mol. The van der Waals surface area contributed by atoms with Crippen LogP contribution in [0.5, 0.6) is 5.75 Å². The van der Waals surface area contributed by atoms with Crippen molar-refractivity contribution in [3.63, 3.8) is 0 Å². The Bertz CT molecular complexity index is 892. The third-order valence-electron chi connectivity index (χ3n) is 4.56. The normalized spacial score (nSPS) is 20.6. The molecule has 0 unspecified atom stereocenters. The lowest BCUT2D eigenvalue weighted by atomic mass is 10.1. The predicted octanol–water partition coefficient (Wildman–Crippen LogP) is 4.45. The quantitative estimate of drug-likeness (QED) is 0.578. The summed E-state index contributed by atoms with van der Waals surface area (Å²) in [5, 5.41) is 0. The molecule has 2 heterocycles. The second-order valence-electron chi connectivity index (χ2n) is 6.57. The van der Waals surface area contributed by atoms with Gasteiger partial charge in [-0.05, 0) is 48.2 Å². The molecule has 0 aliphatic carbocycles. The molecule has 5 heteroatoms. The number of thioether (sulfide) groups is 1. The lowest BCUT2D eigenvalue weighted by Crippen LogP contribution is -2.30. The van der Waals surface area contributed by atoms with Crippen molar-refractivity contribution in [2.45, 2.75) is 25.9 Å². The van der Waals surface area contributed by atoms with E-state index in [1.807, 2.05) is 36.4 Å². The van der Waals surface area contributed by atoms with Crippen LogP contribution >= 0.6 is 24.0 Å². The van der Waals surface area contributed by atoms with E-state index in [0.29, 0.717) is 15.8 Å². The second-order valence-corrected chi connectivity index (χ2v) is 8.24. The minimum atomic E-state index is 0.000970. The highest BCUT2D eigenvalue weighted by Gasteiger charge is 2.31. The molecule has 2 aliphatic heterocycles. The van der Waals surface area contributed by atoms with Crippen LogP contribution in [0.15, 0.2) is 53.4 Å². The van der Waals surface area contributed by atoms with Gasteiger partial charge >= 0.3 is 0 Å². The number of amides is 1. The summed E-state index contributed by atoms with van der Waals surface area (Å²) in [4.78, 5) is 15.1. The number of ether oxygens (including phenoxy) is 1. The molecule has 0 N–H and O–H groups in total. The van der Waals surface area contributed by atoms with Crippen LogP contribution < -0.4 is 4.74 Å². The zero-order valence-electron chi connectivity index (χ0n) is 14.5. The molecule has 2 aliphatic rings. The maximum Gasteiger partial charge on any atom is 0.266 e. The van der Waals surface area contributed by atoms with Crippen LogP contribution in [0.4, 0.5) is 0 Å². The summed E-state index contributed by atoms with van der Waals surface area (Å²) < 4.78 is 6.37. The number of carbonyl (C=O) groups excluding carboxylic acids is 1. The van der Waals surface area contributed by atoms with Gasteiger partial charge in [0.15, 0.2) is 0 Å². The van der Waals surface area contributed by atoms with Crippen LogP contribution in [0.3, 0.4) is 0 Å². The first-order valence-corrected chi connectivity index (χ1v) is 9.91. The van der Waals surface area contributed by atoms with E-state index >= 15 is 0 Å².